The lowest BCUT2D eigenvalue weighted by Crippen LogP contribution is -2.62. The van der Waals surface area contributed by atoms with Crippen molar-refractivity contribution in [3.05, 3.63) is 34.3 Å². The molecule has 0 bridgehead atoms. The number of rotatable bonds is 4. The predicted molar refractivity (Wildman–Crippen MR) is 86.0 cm³/mol. The summed E-state index contributed by atoms with van der Waals surface area (Å²) in [4.78, 5) is 38.6. The molecular formula is C17H19ClN2O3. The quantitative estimate of drug-likeness (QED) is 0.791. The summed E-state index contributed by atoms with van der Waals surface area (Å²) < 4.78 is 0. The van der Waals surface area contributed by atoms with E-state index in [1.807, 2.05) is 25.1 Å². The summed E-state index contributed by atoms with van der Waals surface area (Å²) in [6.07, 6.45) is 1.70. The number of imide groups is 1. The van der Waals surface area contributed by atoms with Gasteiger partial charge in [-0.2, -0.15) is 0 Å². The molecule has 0 aromatic heterocycles. The van der Waals surface area contributed by atoms with E-state index in [0.717, 1.165) is 16.1 Å². The first-order valence-corrected chi connectivity index (χ1v) is 8.21. The number of aryl methyl sites for hydroxylation is 2. The van der Waals surface area contributed by atoms with Gasteiger partial charge in [0.2, 0.25) is 17.7 Å². The number of likely N-dealkylation sites (tertiary alicyclic amines) is 2. The number of carbonyl (C=O) groups is 3. The molecule has 2 aliphatic heterocycles. The van der Waals surface area contributed by atoms with E-state index in [1.165, 1.54) is 4.90 Å². The normalized spacial score (nSPS) is 18.5. The topological polar surface area (TPSA) is 57.7 Å². The lowest BCUT2D eigenvalue weighted by molar-refractivity contribution is -0.151. The Labute approximate surface area is 140 Å². The second-order valence-electron chi connectivity index (χ2n) is 6.19. The summed E-state index contributed by atoms with van der Waals surface area (Å²) in [6, 6.07) is 5.65. The van der Waals surface area contributed by atoms with Crippen LogP contribution in [0.5, 0.6) is 0 Å². The van der Waals surface area contributed by atoms with Crippen molar-refractivity contribution in [1.29, 1.82) is 0 Å². The van der Waals surface area contributed by atoms with Crippen molar-refractivity contribution in [3.63, 3.8) is 0 Å². The molecule has 5 nitrogen and oxygen atoms in total. The molecule has 3 amide bonds. The fraction of sp³-hybridized carbons (Fsp3) is 0.471. The second kappa shape index (κ2) is 6.32. The molecule has 2 fully saturated rings. The third kappa shape index (κ3) is 3.24. The molecule has 2 aliphatic rings. The smallest absolute Gasteiger partial charge is 0.230 e. The molecule has 0 saturated carbocycles. The lowest BCUT2D eigenvalue weighted by Gasteiger charge is -2.43. The maximum absolute atomic E-state index is 12.2. The molecule has 2 saturated heterocycles. The van der Waals surface area contributed by atoms with Crippen LogP contribution in [0.1, 0.15) is 30.4 Å². The molecule has 122 valence electrons. The number of amides is 3. The molecule has 0 radical (unpaired) electrons. The van der Waals surface area contributed by atoms with Crippen LogP contribution in [0, 0.1) is 6.92 Å². The van der Waals surface area contributed by atoms with Gasteiger partial charge in [-0.3, -0.25) is 19.3 Å². The first-order valence-electron chi connectivity index (χ1n) is 7.83. The standard InChI is InChI=1S/C17H19ClN2O3/c1-11-8-12(2-4-14(11)18)3-5-15(21)19-9-13(10-19)20-16(22)6-7-17(20)23/h2,4,8,13H,3,5-7,9-10H2,1H3. The summed E-state index contributed by atoms with van der Waals surface area (Å²) in [6.45, 7) is 2.88. The van der Waals surface area contributed by atoms with Crippen molar-refractivity contribution < 1.29 is 14.4 Å². The minimum absolute atomic E-state index is 0.0629. The van der Waals surface area contributed by atoms with E-state index < -0.39 is 0 Å². The van der Waals surface area contributed by atoms with Gasteiger partial charge in [-0.1, -0.05) is 23.7 Å². The molecule has 23 heavy (non-hydrogen) atoms. The third-order valence-corrected chi connectivity index (χ3v) is 4.94. The van der Waals surface area contributed by atoms with Crippen molar-refractivity contribution >= 4 is 29.3 Å². The van der Waals surface area contributed by atoms with E-state index in [2.05, 4.69) is 0 Å². The number of nitrogens with zero attached hydrogens (tertiary/aromatic N) is 2. The average Bonchev–Trinajstić information content (AvgIpc) is 2.79. The first kappa shape index (κ1) is 16.0. The maximum atomic E-state index is 12.2. The summed E-state index contributed by atoms with van der Waals surface area (Å²) in [5, 5.41) is 0.727. The first-order chi connectivity index (χ1) is 11.0. The highest BCUT2D eigenvalue weighted by molar-refractivity contribution is 6.31. The van der Waals surface area contributed by atoms with Crippen molar-refractivity contribution in [2.75, 3.05) is 13.1 Å². The molecule has 0 atom stereocenters. The third-order valence-electron chi connectivity index (χ3n) is 4.52. The van der Waals surface area contributed by atoms with Crippen molar-refractivity contribution in [3.8, 4) is 0 Å². The Kier molecular flexibility index (Phi) is 4.39. The van der Waals surface area contributed by atoms with Gasteiger partial charge >= 0.3 is 0 Å². The molecule has 1 aromatic carbocycles. The number of benzene rings is 1. The Balaban J connectivity index is 1.48. The van der Waals surface area contributed by atoms with Crippen LogP contribution in [0.4, 0.5) is 0 Å². The van der Waals surface area contributed by atoms with E-state index in [-0.39, 0.29) is 23.8 Å². The van der Waals surface area contributed by atoms with E-state index in [9.17, 15) is 14.4 Å². The number of hydrogen-bond acceptors (Lipinski definition) is 3. The second-order valence-corrected chi connectivity index (χ2v) is 6.60. The van der Waals surface area contributed by atoms with Crippen molar-refractivity contribution in [2.45, 2.75) is 38.6 Å². The van der Waals surface area contributed by atoms with Crippen LogP contribution in [0.3, 0.4) is 0 Å². The fourth-order valence-electron chi connectivity index (χ4n) is 3.10. The highest BCUT2D eigenvalue weighted by atomic mass is 35.5. The van der Waals surface area contributed by atoms with Crippen LogP contribution in [0.25, 0.3) is 0 Å². The van der Waals surface area contributed by atoms with Crippen LogP contribution in [-0.2, 0) is 20.8 Å². The van der Waals surface area contributed by atoms with Gasteiger partial charge in [0.25, 0.3) is 0 Å². The molecule has 0 aliphatic carbocycles. The molecule has 0 spiro atoms. The molecule has 6 heteroatoms. The van der Waals surface area contributed by atoms with Crippen molar-refractivity contribution in [2.24, 2.45) is 0 Å². The molecule has 2 heterocycles. The molecule has 0 unspecified atom stereocenters. The zero-order valence-corrected chi connectivity index (χ0v) is 13.8. The Morgan fingerprint density at radius 1 is 1.22 bits per heavy atom. The van der Waals surface area contributed by atoms with Crippen LogP contribution >= 0.6 is 11.6 Å². The molecule has 3 rings (SSSR count). The highest BCUT2D eigenvalue weighted by Gasteiger charge is 2.42. The highest BCUT2D eigenvalue weighted by Crippen LogP contribution is 2.23. The summed E-state index contributed by atoms with van der Waals surface area (Å²) >= 11 is 5.99. The van der Waals surface area contributed by atoms with Gasteiger partial charge in [-0.15, -0.1) is 0 Å². The maximum Gasteiger partial charge on any atom is 0.230 e. The Morgan fingerprint density at radius 3 is 2.48 bits per heavy atom. The molecule has 1 aromatic rings. The van der Waals surface area contributed by atoms with Gasteiger partial charge in [0.15, 0.2) is 0 Å². The Bertz CT molecular complexity index is 652. The molecular weight excluding hydrogens is 316 g/mol. The molecule has 0 N–H and O–H groups in total. The summed E-state index contributed by atoms with van der Waals surface area (Å²) in [7, 11) is 0. The van der Waals surface area contributed by atoms with Gasteiger partial charge < -0.3 is 4.90 Å². The van der Waals surface area contributed by atoms with Crippen LogP contribution in [-0.4, -0.2) is 46.7 Å². The van der Waals surface area contributed by atoms with E-state index in [1.54, 1.807) is 4.90 Å². The number of carbonyl (C=O) groups excluding carboxylic acids is 3. The Morgan fingerprint density at radius 2 is 1.87 bits per heavy atom. The minimum Gasteiger partial charge on any atom is -0.338 e. The zero-order valence-electron chi connectivity index (χ0n) is 13.0. The predicted octanol–water partition coefficient (Wildman–Crippen LogP) is 1.94. The van der Waals surface area contributed by atoms with Gasteiger partial charge in [0.05, 0.1) is 6.04 Å². The van der Waals surface area contributed by atoms with Crippen molar-refractivity contribution in [1.82, 2.24) is 9.80 Å². The Hall–Kier alpha value is -1.88. The fourth-order valence-corrected chi connectivity index (χ4v) is 3.21. The van der Waals surface area contributed by atoms with E-state index >= 15 is 0 Å². The summed E-state index contributed by atoms with van der Waals surface area (Å²) in [5.41, 5.74) is 2.09. The van der Waals surface area contributed by atoms with Crippen LogP contribution in [0.2, 0.25) is 5.02 Å². The van der Waals surface area contributed by atoms with E-state index in [0.29, 0.717) is 38.8 Å². The van der Waals surface area contributed by atoms with Gasteiger partial charge in [0.1, 0.15) is 0 Å². The lowest BCUT2D eigenvalue weighted by atomic mass is 10.0. The van der Waals surface area contributed by atoms with E-state index in [4.69, 9.17) is 11.6 Å². The van der Waals surface area contributed by atoms with Gasteiger partial charge in [0, 0.05) is 37.4 Å². The van der Waals surface area contributed by atoms with Gasteiger partial charge in [-0.25, -0.2) is 0 Å². The zero-order chi connectivity index (χ0) is 16.6. The average molecular weight is 335 g/mol. The summed E-state index contributed by atoms with van der Waals surface area (Å²) in [5.74, 6) is -0.152. The minimum atomic E-state index is -0.126. The number of halogens is 1. The van der Waals surface area contributed by atoms with Crippen LogP contribution in [0.15, 0.2) is 18.2 Å². The van der Waals surface area contributed by atoms with Crippen LogP contribution < -0.4 is 0 Å². The largest absolute Gasteiger partial charge is 0.338 e. The van der Waals surface area contributed by atoms with Gasteiger partial charge in [-0.05, 0) is 30.5 Å². The monoisotopic (exact) mass is 334 g/mol. The number of hydrogen-bond donors (Lipinski definition) is 0. The SMILES string of the molecule is Cc1cc(CCC(=O)N2CC(N3C(=O)CCC3=O)C2)ccc1Cl.